The minimum atomic E-state index is -0.660. The number of hydrogen-bond acceptors (Lipinski definition) is 8. The van der Waals surface area contributed by atoms with Crippen LogP contribution in [0, 0.1) is 5.82 Å². The van der Waals surface area contributed by atoms with E-state index < -0.39 is 17.8 Å². The van der Waals surface area contributed by atoms with E-state index in [-0.39, 0.29) is 24.0 Å². The number of halogens is 1. The van der Waals surface area contributed by atoms with Gasteiger partial charge in [-0.3, -0.25) is 4.79 Å². The molecule has 0 aliphatic carbocycles. The first-order valence-corrected chi connectivity index (χ1v) is 14.9. The van der Waals surface area contributed by atoms with Crippen molar-refractivity contribution in [2.45, 2.75) is 13.1 Å². The fraction of sp³-hybridized carbons (Fsp3) is 0.235. The third kappa shape index (κ3) is 6.47. The number of nitrogens with one attached hydrogen (secondary N) is 2. The van der Waals surface area contributed by atoms with Gasteiger partial charge >= 0.3 is 6.03 Å². The molecule has 0 unspecified atom stereocenters. The number of carbonyl (C=O) groups excluding carboxylic acids is 2. The minimum Gasteiger partial charge on any atom is -0.494 e. The summed E-state index contributed by atoms with van der Waals surface area (Å²) in [6.07, 6.45) is 2.75. The number of likely N-dealkylation sites (N-methyl/N-ethyl adjacent to an activating group) is 1. The van der Waals surface area contributed by atoms with E-state index in [1.807, 2.05) is 48.5 Å². The highest BCUT2D eigenvalue weighted by molar-refractivity contribution is 6.03. The van der Waals surface area contributed by atoms with E-state index >= 15 is 4.39 Å². The molecule has 1 saturated heterocycles. The lowest BCUT2D eigenvalue weighted by atomic mass is 10.1. The van der Waals surface area contributed by atoms with Gasteiger partial charge in [0.05, 0.1) is 25.0 Å². The van der Waals surface area contributed by atoms with Crippen LogP contribution in [-0.2, 0) is 17.9 Å². The predicted octanol–water partition coefficient (Wildman–Crippen LogP) is 5.52. The third-order valence-electron chi connectivity index (χ3n) is 8.03. The summed E-state index contributed by atoms with van der Waals surface area (Å²) in [7, 11) is 3.72. The van der Waals surface area contributed by atoms with Crippen molar-refractivity contribution < 1.29 is 18.7 Å². The van der Waals surface area contributed by atoms with E-state index in [2.05, 4.69) is 39.0 Å². The Hall–Kier alpha value is -5.49. The average Bonchev–Trinajstić information content (AvgIpc) is 3.07. The molecule has 2 N–H and O–H groups in total. The fourth-order valence-corrected chi connectivity index (χ4v) is 5.53. The van der Waals surface area contributed by atoms with E-state index in [0.29, 0.717) is 29.2 Å². The maximum Gasteiger partial charge on any atom is 0.331 e. The summed E-state index contributed by atoms with van der Waals surface area (Å²) in [5.41, 5.74) is 3.46. The van der Waals surface area contributed by atoms with Gasteiger partial charge in [-0.15, -0.1) is 0 Å². The van der Waals surface area contributed by atoms with Gasteiger partial charge in [-0.1, -0.05) is 36.9 Å². The minimum absolute atomic E-state index is 0.0652. The van der Waals surface area contributed by atoms with Gasteiger partial charge in [-0.05, 0) is 49.0 Å². The molecule has 0 bridgehead atoms. The molecule has 11 nitrogen and oxygen atoms in total. The zero-order chi connectivity index (χ0) is 32.2. The number of fused-ring (bicyclic) bond motifs is 1. The molecule has 6 rings (SSSR count). The van der Waals surface area contributed by atoms with E-state index in [0.717, 1.165) is 43.5 Å². The molecule has 0 saturated carbocycles. The summed E-state index contributed by atoms with van der Waals surface area (Å²) in [6.45, 7) is 7.78. The van der Waals surface area contributed by atoms with Crippen LogP contribution in [-0.4, -0.2) is 72.0 Å². The molecule has 2 aliphatic heterocycles. The molecule has 0 spiro atoms. The number of hydrogen-bond donors (Lipinski definition) is 2. The van der Waals surface area contributed by atoms with Crippen LogP contribution in [0.15, 0.2) is 85.6 Å². The summed E-state index contributed by atoms with van der Waals surface area (Å²) >= 11 is 0. The van der Waals surface area contributed by atoms with Gasteiger partial charge in [0.25, 0.3) is 0 Å². The van der Waals surface area contributed by atoms with Gasteiger partial charge in [-0.25, -0.2) is 19.1 Å². The van der Waals surface area contributed by atoms with E-state index in [1.165, 1.54) is 23.1 Å². The fourth-order valence-electron chi connectivity index (χ4n) is 5.53. The number of piperazine rings is 1. The number of aromatic nitrogens is 2. The largest absolute Gasteiger partial charge is 0.494 e. The second kappa shape index (κ2) is 13.2. The second-order valence-corrected chi connectivity index (χ2v) is 11.2. The van der Waals surface area contributed by atoms with Gasteiger partial charge in [0, 0.05) is 61.9 Å². The molecule has 3 aromatic carbocycles. The predicted molar refractivity (Wildman–Crippen MR) is 176 cm³/mol. The first kappa shape index (κ1) is 30.5. The Morgan fingerprint density at radius 1 is 1.07 bits per heavy atom. The second-order valence-electron chi connectivity index (χ2n) is 11.2. The molecule has 46 heavy (non-hydrogen) atoms. The Labute approximate surface area is 266 Å². The number of rotatable bonds is 9. The van der Waals surface area contributed by atoms with Gasteiger partial charge in [0.15, 0.2) is 5.82 Å². The van der Waals surface area contributed by atoms with Crippen molar-refractivity contribution in [2.24, 2.45) is 0 Å². The monoisotopic (exact) mass is 622 g/mol. The van der Waals surface area contributed by atoms with Crippen LogP contribution in [0.4, 0.5) is 43.7 Å². The molecule has 0 radical (unpaired) electrons. The lowest BCUT2D eigenvalue weighted by molar-refractivity contribution is -0.111. The van der Waals surface area contributed by atoms with Crippen LogP contribution < -0.4 is 25.2 Å². The number of nitrogens with zero attached hydrogens (tertiary/aromatic N) is 6. The molecule has 236 valence electrons. The zero-order valence-corrected chi connectivity index (χ0v) is 25.7. The lowest BCUT2D eigenvalue weighted by Crippen LogP contribution is -2.45. The number of benzene rings is 3. The molecular formula is C34H35FN8O3. The maximum absolute atomic E-state index is 15.5. The van der Waals surface area contributed by atoms with Gasteiger partial charge < -0.3 is 30.1 Å². The molecule has 0 atom stereocenters. The van der Waals surface area contributed by atoms with Crippen molar-refractivity contribution >= 4 is 46.5 Å². The lowest BCUT2D eigenvalue weighted by Gasteiger charge is -2.36. The van der Waals surface area contributed by atoms with Crippen LogP contribution in [0.5, 0.6) is 5.75 Å². The molecule has 3 heterocycles. The average molecular weight is 623 g/mol. The Kier molecular flexibility index (Phi) is 8.79. The van der Waals surface area contributed by atoms with Crippen LogP contribution >= 0.6 is 0 Å². The summed E-state index contributed by atoms with van der Waals surface area (Å²) in [5, 5.41) is 5.86. The van der Waals surface area contributed by atoms with E-state index in [4.69, 9.17) is 9.72 Å². The molecule has 12 heteroatoms. The van der Waals surface area contributed by atoms with Gasteiger partial charge in [-0.2, -0.15) is 4.98 Å². The van der Waals surface area contributed by atoms with Crippen molar-refractivity contribution in [3.63, 3.8) is 0 Å². The standard InChI is InChI=1S/C34H35FN8O3/c1-4-31(44)37-25-10-12-27(35)29(18-25)43-32-24(22-42(34(43)45)21-23-8-6-5-7-9-23)20-36-33(39-32)38-28-13-11-26(19-30(28)46-3)41-16-14-40(2)15-17-41/h4-13,18-20H,1,14-17,21-22H2,2-3H3,(H,37,44)(H,36,38,39). The molecule has 1 fully saturated rings. The van der Waals surface area contributed by atoms with E-state index in [1.54, 1.807) is 18.2 Å². The third-order valence-corrected chi connectivity index (χ3v) is 8.03. The Morgan fingerprint density at radius 2 is 1.85 bits per heavy atom. The number of carbonyl (C=O) groups is 2. The van der Waals surface area contributed by atoms with Crippen LogP contribution in [0.25, 0.3) is 0 Å². The summed E-state index contributed by atoms with van der Waals surface area (Å²) in [4.78, 5) is 42.8. The number of urea groups is 1. The summed E-state index contributed by atoms with van der Waals surface area (Å²) in [6, 6.07) is 19.0. The summed E-state index contributed by atoms with van der Waals surface area (Å²) in [5.74, 6) is -0.0839. The van der Waals surface area contributed by atoms with Crippen molar-refractivity contribution in [2.75, 3.05) is 60.8 Å². The highest BCUT2D eigenvalue weighted by Crippen LogP contribution is 2.38. The molecule has 4 aromatic rings. The Morgan fingerprint density at radius 3 is 2.59 bits per heavy atom. The van der Waals surface area contributed by atoms with Crippen LogP contribution in [0.2, 0.25) is 0 Å². The molecular weight excluding hydrogens is 587 g/mol. The van der Waals surface area contributed by atoms with Crippen molar-refractivity contribution in [3.8, 4) is 5.75 Å². The Bertz CT molecular complexity index is 1760. The van der Waals surface area contributed by atoms with Crippen LogP contribution in [0.1, 0.15) is 11.1 Å². The van der Waals surface area contributed by atoms with Gasteiger partial charge in [0.1, 0.15) is 11.6 Å². The Balaban J connectivity index is 1.35. The van der Waals surface area contributed by atoms with Crippen molar-refractivity contribution in [3.05, 3.63) is 103 Å². The normalized spacial score (nSPS) is 14.9. The smallest absolute Gasteiger partial charge is 0.331 e. The molecule has 3 amide bonds. The maximum atomic E-state index is 15.5. The quantitative estimate of drug-likeness (QED) is 0.235. The van der Waals surface area contributed by atoms with Crippen molar-refractivity contribution in [1.29, 1.82) is 0 Å². The SMILES string of the molecule is C=CC(=O)Nc1ccc(F)c(N2C(=O)N(Cc3ccccc3)Cc3cnc(Nc4ccc(N5CCN(C)CC5)cc4OC)nc32)c1. The van der Waals surface area contributed by atoms with E-state index in [9.17, 15) is 9.59 Å². The summed E-state index contributed by atoms with van der Waals surface area (Å²) < 4.78 is 21.2. The topological polar surface area (TPSA) is 106 Å². The van der Waals surface area contributed by atoms with Crippen molar-refractivity contribution in [1.82, 2.24) is 19.8 Å². The number of amides is 3. The highest BCUT2D eigenvalue weighted by atomic mass is 19.1. The number of methoxy groups -OCH3 is 1. The first-order valence-electron chi connectivity index (χ1n) is 14.9. The number of anilines is 6. The van der Waals surface area contributed by atoms with Crippen LogP contribution in [0.3, 0.4) is 0 Å². The zero-order valence-electron chi connectivity index (χ0n) is 25.7. The first-order chi connectivity index (χ1) is 22.3. The highest BCUT2D eigenvalue weighted by Gasteiger charge is 2.35. The number of ether oxygens (including phenoxy) is 1. The van der Waals surface area contributed by atoms with Gasteiger partial charge in [0.2, 0.25) is 11.9 Å². The molecule has 2 aliphatic rings. The molecule has 1 aromatic heterocycles.